The van der Waals surface area contributed by atoms with Crippen LogP contribution < -0.4 is 0 Å². The first-order valence-corrected chi connectivity index (χ1v) is 20.2. The summed E-state index contributed by atoms with van der Waals surface area (Å²) in [5, 5.41) is 0. The van der Waals surface area contributed by atoms with Gasteiger partial charge in [-0.25, -0.2) is 4.57 Å². The second kappa shape index (κ2) is 32.4. The number of hydrogen-bond donors (Lipinski definition) is 1. The van der Waals surface area contributed by atoms with E-state index in [0.717, 1.165) is 57.8 Å². The molecule has 0 fully saturated rings. The van der Waals surface area contributed by atoms with E-state index in [9.17, 15) is 19.0 Å². The molecule has 0 heterocycles. The van der Waals surface area contributed by atoms with E-state index in [-0.39, 0.29) is 26.1 Å². The number of likely N-dealkylation sites (N-methyl/N-ethyl adjacent to an activating group) is 1. The molecule has 0 bridgehead atoms. The molecule has 0 radical (unpaired) electrons. The van der Waals surface area contributed by atoms with Crippen LogP contribution in [0.4, 0.5) is 0 Å². The quantitative estimate of drug-likeness (QED) is 0.0240. The number of ether oxygens (including phenoxy) is 2. The van der Waals surface area contributed by atoms with Crippen LogP contribution in [0.2, 0.25) is 0 Å². The van der Waals surface area contributed by atoms with Crippen LogP contribution in [-0.4, -0.2) is 74.9 Å². The predicted octanol–water partition coefficient (Wildman–Crippen LogP) is 9.90. The Labute approximate surface area is 304 Å². The van der Waals surface area contributed by atoms with Crippen molar-refractivity contribution in [2.24, 2.45) is 0 Å². The molecule has 0 saturated heterocycles. The summed E-state index contributed by atoms with van der Waals surface area (Å²) >= 11 is 0. The van der Waals surface area contributed by atoms with Gasteiger partial charge in [0.2, 0.25) is 0 Å². The summed E-state index contributed by atoms with van der Waals surface area (Å²) in [4.78, 5) is 35.0. The SMILES string of the molecule is CC/C=C/C/C=C/C/C=C/C/C=C/C/C=C/C/C=C/CCC(=O)OC[C@@H](COP(=O)(O)OCC[N+](C)(C)C)OC(=O)CCCCCCCCC. The van der Waals surface area contributed by atoms with Gasteiger partial charge in [0.15, 0.2) is 6.10 Å². The van der Waals surface area contributed by atoms with Crippen molar-refractivity contribution in [3.8, 4) is 0 Å². The van der Waals surface area contributed by atoms with Gasteiger partial charge in [-0.05, 0) is 51.4 Å². The number of unbranched alkanes of at least 4 members (excludes halogenated alkanes) is 6. The Bertz CT molecular complexity index is 1090. The highest BCUT2D eigenvalue weighted by Gasteiger charge is 2.27. The van der Waals surface area contributed by atoms with Gasteiger partial charge in [-0.1, -0.05) is 125 Å². The number of nitrogens with zero attached hydrogens (tertiary/aromatic N) is 1. The Kier molecular flexibility index (Phi) is 30.7. The molecule has 286 valence electrons. The van der Waals surface area contributed by atoms with E-state index in [2.05, 4.69) is 74.6 Å². The normalized spacial score (nSPS) is 14.6. The maximum atomic E-state index is 12.5. The summed E-state index contributed by atoms with van der Waals surface area (Å²) in [7, 11) is 1.42. The number of carbonyl (C=O) groups excluding carboxylic acids is 2. The molecule has 0 aliphatic heterocycles. The molecule has 0 saturated carbocycles. The number of carbonyl (C=O) groups is 2. The first-order valence-electron chi connectivity index (χ1n) is 18.7. The van der Waals surface area contributed by atoms with E-state index in [0.29, 0.717) is 23.9 Å². The van der Waals surface area contributed by atoms with Crippen molar-refractivity contribution in [3.05, 3.63) is 72.9 Å². The Morgan fingerprint density at radius 3 is 1.66 bits per heavy atom. The number of hydrogen-bond acceptors (Lipinski definition) is 7. The van der Waals surface area contributed by atoms with Crippen LogP contribution in [0.3, 0.4) is 0 Å². The lowest BCUT2D eigenvalue weighted by Gasteiger charge is -2.24. The second-order valence-electron chi connectivity index (χ2n) is 13.2. The van der Waals surface area contributed by atoms with Crippen molar-refractivity contribution in [2.45, 2.75) is 123 Å². The van der Waals surface area contributed by atoms with Crippen molar-refractivity contribution < 1.29 is 42.1 Å². The molecule has 0 aromatic heterocycles. The van der Waals surface area contributed by atoms with Crippen LogP contribution in [0.5, 0.6) is 0 Å². The summed E-state index contributed by atoms with van der Waals surface area (Å²) in [6, 6.07) is 0. The van der Waals surface area contributed by atoms with Crippen molar-refractivity contribution in [1.29, 1.82) is 0 Å². The molecule has 9 nitrogen and oxygen atoms in total. The van der Waals surface area contributed by atoms with E-state index >= 15 is 0 Å². The lowest BCUT2D eigenvalue weighted by atomic mass is 10.1. The van der Waals surface area contributed by atoms with Crippen molar-refractivity contribution in [2.75, 3.05) is 47.5 Å². The van der Waals surface area contributed by atoms with Gasteiger partial charge in [0.1, 0.15) is 19.8 Å². The third-order valence-electron chi connectivity index (χ3n) is 7.26. The summed E-state index contributed by atoms with van der Waals surface area (Å²) < 4.78 is 33.9. The summed E-state index contributed by atoms with van der Waals surface area (Å²) in [6.45, 7) is 4.13. The molecule has 1 unspecified atom stereocenters. The average molecular weight is 723 g/mol. The Hall–Kier alpha value is -2.55. The molecule has 0 aromatic carbocycles. The van der Waals surface area contributed by atoms with Crippen LogP contribution >= 0.6 is 7.82 Å². The monoisotopic (exact) mass is 722 g/mol. The van der Waals surface area contributed by atoms with Gasteiger partial charge in [0.05, 0.1) is 27.7 Å². The number of phosphoric ester groups is 1. The van der Waals surface area contributed by atoms with Crippen LogP contribution in [0.25, 0.3) is 0 Å². The Balaban J connectivity index is 4.49. The molecule has 0 aliphatic carbocycles. The summed E-state index contributed by atoms with van der Waals surface area (Å²) in [6.07, 6.45) is 38.5. The molecule has 0 aromatic rings. The van der Waals surface area contributed by atoms with E-state index in [1.807, 2.05) is 33.3 Å². The highest BCUT2D eigenvalue weighted by Crippen LogP contribution is 2.43. The molecular weight excluding hydrogens is 653 g/mol. The fourth-order valence-corrected chi connectivity index (χ4v) is 5.07. The zero-order valence-corrected chi connectivity index (χ0v) is 32.7. The van der Waals surface area contributed by atoms with Gasteiger partial charge in [-0.3, -0.25) is 18.6 Å². The minimum Gasteiger partial charge on any atom is -0.462 e. The molecule has 50 heavy (non-hydrogen) atoms. The first-order chi connectivity index (χ1) is 24.0. The van der Waals surface area contributed by atoms with E-state index in [1.165, 1.54) is 19.3 Å². The summed E-state index contributed by atoms with van der Waals surface area (Å²) in [5.74, 6) is -0.913. The second-order valence-corrected chi connectivity index (χ2v) is 14.7. The van der Waals surface area contributed by atoms with E-state index in [1.54, 1.807) is 0 Å². The number of allylic oxidation sites excluding steroid dienone is 12. The van der Waals surface area contributed by atoms with Gasteiger partial charge in [0, 0.05) is 12.8 Å². The Morgan fingerprint density at radius 1 is 0.640 bits per heavy atom. The topological polar surface area (TPSA) is 108 Å². The molecule has 1 N–H and O–H groups in total. The van der Waals surface area contributed by atoms with Crippen LogP contribution in [0.15, 0.2) is 72.9 Å². The zero-order valence-electron chi connectivity index (χ0n) is 31.8. The molecule has 10 heteroatoms. The van der Waals surface area contributed by atoms with Gasteiger partial charge in [0.25, 0.3) is 0 Å². The zero-order chi connectivity index (χ0) is 37.2. The van der Waals surface area contributed by atoms with Crippen molar-refractivity contribution >= 4 is 19.8 Å². The lowest BCUT2D eigenvalue weighted by molar-refractivity contribution is -0.870. The maximum absolute atomic E-state index is 12.5. The van der Waals surface area contributed by atoms with Gasteiger partial charge in [-0.2, -0.15) is 0 Å². The number of phosphoric acid groups is 1. The molecule has 0 spiro atoms. The van der Waals surface area contributed by atoms with Crippen LogP contribution in [0.1, 0.15) is 117 Å². The van der Waals surface area contributed by atoms with E-state index in [4.69, 9.17) is 18.5 Å². The van der Waals surface area contributed by atoms with Crippen LogP contribution in [-0.2, 0) is 32.7 Å². The van der Waals surface area contributed by atoms with Gasteiger partial charge in [-0.15, -0.1) is 0 Å². The molecule has 0 rings (SSSR count). The highest BCUT2D eigenvalue weighted by molar-refractivity contribution is 7.47. The maximum Gasteiger partial charge on any atom is 0.472 e. The van der Waals surface area contributed by atoms with Crippen molar-refractivity contribution in [3.63, 3.8) is 0 Å². The largest absolute Gasteiger partial charge is 0.472 e. The minimum absolute atomic E-state index is 0.0174. The summed E-state index contributed by atoms with van der Waals surface area (Å²) in [5.41, 5.74) is 0. The number of quaternary nitrogens is 1. The van der Waals surface area contributed by atoms with Crippen LogP contribution in [0, 0.1) is 0 Å². The number of esters is 2. The third kappa shape index (κ3) is 35.3. The van der Waals surface area contributed by atoms with Gasteiger partial charge < -0.3 is 18.9 Å². The highest BCUT2D eigenvalue weighted by atomic mass is 31.2. The minimum atomic E-state index is -4.38. The molecular formula is C40H69NO8P+. The lowest BCUT2D eigenvalue weighted by Crippen LogP contribution is -2.37. The molecule has 0 amide bonds. The molecule has 2 atom stereocenters. The first kappa shape index (κ1) is 47.4. The Morgan fingerprint density at radius 2 is 1.14 bits per heavy atom. The van der Waals surface area contributed by atoms with Gasteiger partial charge >= 0.3 is 19.8 Å². The standard InChI is InChI=1S/C40H68NO8P/c1-6-8-10-12-14-15-16-17-18-19-20-21-22-23-24-25-27-28-30-32-39(42)46-36-38(37-48-50(44,45)47-35-34-41(3,4)5)49-40(43)33-31-29-26-13-11-9-7-2/h8,10,14-15,17-18,20-21,23-24,27-28,38H,6-7,9,11-13,16,19,22,25-26,29-37H2,1-5H3/p+1/b10-8+,15-14+,18-17+,21-20+,24-23+,28-27+/t38-/m0/s1. The van der Waals surface area contributed by atoms with Crippen molar-refractivity contribution in [1.82, 2.24) is 0 Å². The van der Waals surface area contributed by atoms with E-state index < -0.39 is 32.5 Å². The fourth-order valence-electron chi connectivity index (χ4n) is 4.33. The number of rotatable bonds is 32. The molecule has 0 aliphatic rings. The fraction of sp³-hybridized carbons (Fsp3) is 0.650. The third-order valence-corrected chi connectivity index (χ3v) is 8.25. The average Bonchev–Trinajstić information content (AvgIpc) is 3.06. The predicted molar refractivity (Wildman–Crippen MR) is 206 cm³/mol. The smallest absolute Gasteiger partial charge is 0.462 e.